The van der Waals surface area contributed by atoms with Crippen molar-refractivity contribution in [3.05, 3.63) is 63.8 Å². The van der Waals surface area contributed by atoms with E-state index in [1.807, 2.05) is 12.1 Å². The van der Waals surface area contributed by atoms with Gasteiger partial charge in [0.1, 0.15) is 12.0 Å². The van der Waals surface area contributed by atoms with E-state index in [9.17, 15) is 10.1 Å². The van der Waals surface area contributed by atoms with E-state index in [4.69, 9.17) is 0 Å². The molecule has 0 amide bonds. The van der Waals surface area contributed by atoms with Crippen LogP contribution in [-0.4, -0.2) is 9.91 Å². The van der Waals surface area contributed by atoms with E-state index >= 15 is 0 Å². The molecule has 0 saturated heterocycles. The summed E-state index contributed by atoms with van der Waals surface area (Å²) in [6.45, 7) is 6.35. The summed E-state index contributed by atoms with van der Waals surface area (Å²) in [6, 6.07) is 11.4. The van der Waals surface area contributed by atoms with Crippen molar-refractivity contribution in [2.75, 3.05) is 5.32 Å². The molecule has 1 unspecified atom stereocenters. The van der Waals surface area contributed by atoms with Gasteiger partial charge in [0.15, 0.2) is 0 Å². The van der Waals surface area contributed by atoms with Gasteiger partial charge >= 0.3 is 0 Å². The molecular weight excluding hydrogens is 266 g/mol. The minimum absolute atomic E-state index is 0.00228. The summed E-state index contributed by atoms with van der Waals surface area (Å²) in [7, 11) is 0. The second-order valence-corrected chi connectivity index (χ2v) is 5.38. The molecule has 1 heterocycles. The maximum Gasteiger partial charge on any atom is 0.287 e. The molecule has 0 aliphatic rings. The Balaban J connectivity index is 2.25. The molecule has 1 N–H and O–H groups in total. The molecule has 1 aromatic carbocycles. The number of nitro groups is 1. The Kier molecular flexibility index (Phi) is 4.52. The van der Waals surface area contributed by atoms with Gasteiger partial charge in [0.2, 0.25) is 0 Å². The van der Waals surface area contributed by atoms with Crippen LogP contribution in [-0.2, 0) is 0 Å². The predicted molar refractivity (Wildman–Crippen MR) is 83.3 cm³/mol. The molecule has 0 aliphatic heterocycles. The Morgan fingerprint density at radius 3 is 2.43 bits per heavy atom. The molecule has 0 bridgehead atoms. The zero-order chi connectivity index (χ0) is 15.4. The maximum absolute atomic E-state index is 10.7. The lowest BCUT2D eigenvalue weighted by Crippen LogP contribution is -2.18. The normalized spacial score (nSPS) is 12.2. The third-order valence-electron chi connectivity index (χ3n) is 3.45. The second kappa shape index (κ2) is 6.35. The first-order valence-electron chi connectivity index (χ1n) is 6.91. The standard InChI is InChI=1S/C16H19N3O2/c1-11(2)16(14-7-5-4-6-12(14)3)18-15-9-8-13(10-17-15)19(20)21/h4-11,16H,1-3H3,(H,17,18). The van der Waals surface area contributed by atoms with Crippen molar-refractivity contribution in [1.29, 1.82) is 0 Å². The lowest BCUT2D eigenvalue weighted by molar-refractivity contribution is -0.385. The summed E-state index contributed by atoms with van der Waals surface area (Å²) in [4.78, 5) is 14.3. The van der Waals surface area contributed by atoms with Crippen molar-refractivity contribution in [2.24, 2.45) is 5.92 Å². The monoisotopic (exact) mass is 285 g/mol. The molecule has 2 rings (SSSR count). The quantitative estimate of drug-likeness (QED) is 0.663. The van der Waals surface area contributed by atoms with Gasteiger partial charge in [-0.1, -0.05) is 38.1 Å². The highest BCUT2D eigenvalue weighted by molar-refractivity contribution is 5.44. The number of nitrogens with one attached hydrogen (secondary N) is 1. The SMILES string of the molecule is Cc1ccccc1C(Nc1ccc([N+](=O)[O-])cn1)C(C)C. The molecule has 0 aliphatic carbocycles. The van der Waals surface area contributed by atoms with Crippen LogP contribution in [0.2, 0.25) is 0 Å². The number of hydrogen-bond acceptors (Lipinski definition) is 4. The Morgan fingerprint density at radius 2 is 1.90 bits per heavy atom. The molecule has 110 valence electrons. The maximum atomic E-state index is 10.7. The van der Waals surface area contributed by atoms with Gasteiger partial charge in [-0.25, -0.2) is 4.98 Å². The van der Waals surface area contributed by atoms with E-state index in [-0.39, 0.29) is 11.7 Å². The molecule has 5 nitrogen and oxygen atoms in total. The fourth-order valence-electron chi connectivity index (χ4n) is 2.28. The number of aryl methyl sites for hydroxylation is 1. The van der Waals surface area contributed by atoms with Crippen molar-refractivity contribution >= 4 is 11.5 Å². The van der Waals surface area contributed by atoms with Gasteiger partial charge in [-0.3, -0.25) is 10.1 Å². The Labute approximate surface area is 124 Å². The highest BCUT2D eigenvalue weighted by Gasteiger charge is 2.18. The Morgan fingerprint density at radius 1 is 1.19 bits per heavy atom. The van der Waals surface area contributed by atoms with Gasteiger partial charge in [-0.15, -0.1) is 0 Å². The summed E-state index contributed by atoms with van der Waals surface area (Å²) in [5, 5.41) is 14.0. The van der Waals surface area contributed by atoms with Crippen molar-refractivity contribution in [3.63, 3.8) is 0 Å². The van der Waals surface area contributed by atoms with Gasteiger partial charge in [0.05, 0.1) is 11.0 Å². The Bertz CT molecular complexity index is 624. The van der Waals surface area contributed by atoms with Crippen LogP contribution in [0.25, 0.3) is 0 Å². The molecule has 0 radical (unpaired) electrons. The summed E-state index contributed by atoms with van der Waals surface area (Å²) in [5.74, 6) is 1.01. The molecule has 2 aromatic rings. The lowest BCUT2D eigenvalue weighted by atomic mass is 9.92. The van der Waals surface area contributed by atoms with E-state index in [0.717, 1.165) is 0 Å². The molecule has 5 heteroatoms. The molecule has 0 fully saturated rings. The summed E-state index contributed by atoms with van der Waals surface area (Å²) in [6.07, 6.45) is 1.28. The van der Waals surface area contributed by atoms with Crippen LogP contribution in [0.4, 0.5) is 11.5 Å². The van der Waals surface area contributed by atoms with E-state index in [0.29, 0.717) is 11.7 Å². The topological polar surface area (TPSA) is 68.1 Å². The van der Waals surface area contributed by atoms with E-state index in [2.05, 4.69) is 43.2 Å². The van der Waals surface area contributed by atoms with Crippen LogP contribution in [0.5, 0.6) is 0 Å². The zero-order valence-electron chi connectivity index (χ0n) is 12.4. The Hall–Kier alpha value is -2.43. The van der Waals surface area contributed by atoms with E-state index < -0.39 is 4.92 Å². The largest absolute Gasteiger partial charge is 0.363 e. The average molecular weight is 285 g/mol. The molecule has 1 atom stereocenters. The number of hydrogen-bond donors (Lipinski definition) is 1. The van der Waals surface area contributed by atoms with Crippen molar-refractivity contribution in [2.45, 2.75) is 26.8 Å². The van der Waals surface area contributed by atoms with Crippen LogP contribution in [0.15, 0.2) is 42.6 Å². The van der Waals surface area contributed by atoms with E-state index in [1.165, 1.54) is 23.4 Å². The van der Waals surface area contributed by atoms with Gasteiger partial charge in [0, 0.05) is 6.07 Å². The summed E-state index contributed by atoms with van der Waals surface area (Å²) < 4.78 is 0. The number of rotatable bonds is 5. The van der Waals surface area contributed by atoms with Crippen LogP contribution in [0.3, 0.4) is 0 Å². The van der Waals surface area contributed by atoms with Crippen molar-refractivity contribution < 1.29 is 4.92 Å². The molecule has 0 spiro atoms. The summed E-state index contributed by atoms with van der Waals surface area (Å²) >= 11 is 0. The first kappa shape index (κ1) is 15.0. The van der Waals surface area contributed by atoms with Crippen LogP contribution < -0.4 is 5.32 Å². The van der Waals surface area contributed by atoms with Crippen LogP contribution in [0, 0.1) is 23.0 Å². The fourth-order valence-corrected chi connectivity index (χ4v) is 2.28. The van der Waals surface area contributed by atoms with Crippen molar-refractivity contribution in [1.82, 2.24) is 4.98 Å². The third kappa shape index (κ3) is 3.56. The molecule has 0 saturated carbocycles. The number of pyridine rings is 1. The smallest absolute Gasteiger partial charge is 0.287 e. The van der Waals surface area contributed by atoms with E-state index in [1.54, 1.807) is 6.07 Å². The third-order valence-corrected chi connectivity index (χ3v) is 3.45. The lowest BCUT2D eigenvalue weighted by Gasteiger charge is -2.25. The number of benzene rings is 1. The highest BCUT2D eigenvalue weighted by Crippen LogP contribution is 2.28. The summed E-state index contributed by atoms with van der Waals surface area (Å²) in [5.41, 5.74) is 2.43. The van der Waals surface area contributed by atoms with Gasteiger partial charge in [0.25, 0.3) is 5.69 Å². The molecular formula is C16H19N3O2. The van der Waals surface area contributed by atoms with Crippen molar-refractivity contribution in [3.8, 4) is 0 Å². The predicted octanol–water partition coefficient (Wildman–Crippen LogP) is 4.11. The second-order valence-electron chi connectivity index (χ2n) is 5.38. The first-order valence-corrected chi connectivity index (χ1v) is 6.91. The number of aromatic nitrogens is 1. The highest BCUT2D eigenvalue weighted by atomic mass is 16.6. The minimum Gasteiger partial charge on any atom is -0.363 e. The van der Waals surface area contributed by atoms with Crippen LogP contribution >= 0.6 is 0 Å². The van der Waals surface area contributed by atoms with Crippen LogP contribution in [0.1, 0.15) is 31.0 Å². The minimum atomic E-state index is -0.446. The van der Waals surface area contributed by atoms with Gasteiger partial charge < -0.3 is 5.32 Å². The number of nitrogens with zero attached hydrogens (tertiary/aromatic N) is 2. The fraction of sp³-hybridized carbons (Fsp3) is 0.312. The molecule has 1 aromatic heterocycles. The molecule has 21 heavy (non-hydrogen) atoms. The first-order chi connectivity index (χ1) is 9.99. The number of anilines is 1. The zero-order valence-corrected chi connectivity index (χ0v) is 12.4. The van der Waals surface area contributed by atoms with Gasteiger partial charge in [-0.05, 0) is 30.0 Å². The average Bonchev–Trinajstić information content (AvgIpc) is 2.46. The van der Waals surface area contributed by atoms with Gasteiger partial charge in [-0.2, -0.15) is 0 Å².